The number of nitrogens with zero attached hydrogens (tertiary/aromatic N) is 1. The third-order valence-electron chi connectivity index (χ3n) is 2.09. The van der Waals surface area contributed by atoms with Gasteiger partial charge in [-0.25, -0.2) is 4.98 Å². The van der Waals surface area contributed by atoms with Crippen molar-refractivity contribution in [2.75, 3.05) is 0 Å². The Hall–Kier alpha value is -0.960. The zero-order valence-electron chi connectivity index (χ0n) is 8.66. The minimum absolute atomic E-state index is 0.318. The molecule has 5 heteroatoms. The average molecular weight is 289 g/mol. The van der Waals surface area contributed by atoms with Crippen molar-refractivity contribution in [3.8, 4) is 11.6 Å². The average Bonchev–Trinajstić information content (AvgIpc) is 2.34. The largest absolute Gasteiger partial charge is 0.439 e. The highest BCUT2D eigenvalue weighted by molar-refractivity contribution is 6.32. The monoisotopic (exact) mass is 287 g/mol. The van der Waals surface area contributed by atoms with E-state index < -0.39 is 0 Å². The van der Waals surface area contributed by atoms with Gasteiger partial charge in [0.25, 0.3) is 0 Å². The lowest BCUT2D eigenvalue weighted by Gasteiger charge is -2.06. The first-order valence-corrected chi connectivity index (χ1v) is 6.12. The van der Waals surface area contributed by atoms with Crippen LogP contribution in [0.5, 0.6) is 11.6 Å². The number of alkyl halides is 1. The van der Waals surface area contributed by atoms with Crippen LogP contribution in [0.1, 0.15) is 5.56 Å². The molecular weight excluding hydrogens is 280 g/mol. The van der Waals surface area contributed by atoms with Crippen LogP contribution in [0.2, 0.25) is 10.0 Å². The maximum atomic E-state index is 5.90. The summed E-state index contributed by atoms with van der Waals surface area (Å²) in [5.74, 6) is 1.43. The smallest absolute Gasteiger partial charge is 0.219 e. The molecule has 88 valence electrons. The number of aromatic nitrogens is 1. The molecule has 0 spiro atoms. The predicted octanol–water partition coefficient (Wildman–Crippen LogP) is 4.92. The summed E-state index contributed by atoms with van der Waals surface area (Å²) in [4.78, 5) is 4.06. The fourth-order valence-electron chi connectivity index (χ4n) is 1.24. The van der Waals surface area contributed by atoms with E-state index >= 15 is 0 Å². The van der Waals surface area contributed by atoms with E-state index in [0.29, 0.717) is 27.6 Å². The van der Waals surface area contributed by atoms with E-state index in [2.05, 4.69) is 4.98 Å². The molecule has 0 fully saturated rings. The number of pyridine rings is 1. The molecule has 0 aliphatic heterocycles. The van der Waals surface area contributed by atoms with Crippen molar-refractivity contribution in [2.45, 2.75) is 5.88 Å². The molecule has 2 rings (SSSR count). The summed E-state index contributed by atoms with van der Waals surface area (Å²) in [5.41, 5.74) is 0.785. The molecule has 1 heterocycles. The highest BCUT2D eigenvalue weighted by atomic mass is 35.5. The number of ether oxygens (including phenoxy) is 1. The third kappa shape index (κ3) is 3.25. The Labute approximate surface area is 114 Å². The van der Waals surface area contributed by atoms with E-state index in [1.54, 1.807) is 30.3 Å². The van der Waals surface area contributed by atoms with Gasteiger partial charge in [-0.15, -0.1) is 11.6 Å². The standard InChI is InChI=1S/C12H8Cl3NO/c13-6-8-5-12(16-7-11(8)15)17-10-3-1-9(14)2-4-10/h1-5,7H,6H2. The Morgan fingerprint density at radius 2 is 1.82 bits per heavy atom. The second-order valence-corrected chi connectivity index (χ2v) is 4.41. The molecule has 0 aliphatic carbocycles. The first-order chi connectivity index (χ1) is 8.19. The predicted molar refractivity (Wildman–Crippen MR) is 70.3 cm³/mol. The van der Waals surface area contributed by atoms with Crippen molar-refractivity contribution in [2.24, 2.45) is 0 Å². The molecule has 2 aromatic rings. The fourth-order valence-corrected chi connectivity index (χ4v) is 1.83. The van der Waals surface area contributed by atoms with Gasteiger partial charge in [-0.3, -0.25) is 0 Å². The lowest BCUT2D eigenvalue weighted by atomic mass is 10.3. The lowest BCUT2D eigenvalue weighted by Crippen LogP contribution is -1.90. The maximum Gasteiger partial charge on any atom is 0.219 e. The Morgan fingerprint density at radius 1 is 1.12 bits per heavy atom. The summed E-state index contributed by atoms with van der Waals surface area (Å²) in [6.07, 6.45) is 1.52. The Kier molecular flexibility index (Phi) is 4.11. The van der Waals surface area contributed by atoms with Crippen LogP contribution < -0.4 is 4.74 Å². The van der Waals surface area contributed by atoms with Crippen LogP contribution in [0.15, 0.2) is 36.5 Å². The van der Waals surface area contributed by atoms with Crippen LogP contribution in [0.25, 0.3) is 0 Å². The molecule has 0 saturated heterocycles. The van der Waals surface area contributed by atoms with Gasteiger partial charge in [-0.2, -0.15) is 0 Å². The molecule has 0 atom stereocenters. The summed E-state index contributed by atoms with van der Waals surface area (Å²) in [7, 11) is 0. The second kappa shape index (κ2) is 5.58. The van der Waals surface area contributed by atoms with Crippen molar-refractivity contribution in [1.82, 2.24) is 4.98 Å². The molecule has 0 N–H and O–H groups in total. The maximum absolute atomic E-state index is 5.90. The Bertz CT molecular complexity index is 514. The van der Waals surface area contributed by atoms with Crippen LogP contribution in [0.3, 0.4) is 0 Å². The molecule has 2 nitrogen and oxygen atoms in total. The molecular formula is C12H8Cl3NO. The summed E-state index contributed by atoms with van der Waals surface area (Å²) in [6, 6.07) is 8.73. The fraction of sp³-hybridized carbons (Fsp3) is 0.0833. The van der Waals surface area contributed by atoms with Crippen molar-refractivity contribution in [3.05, 3.63) is 52.1 Å². The van der Waals surface area contributed by atoms with Gasteiger partial charge in [0.15, 0.2) is 0 Å². The number of rotatable bonds is 3. The van der Waals surface area contributed by atoms with E-state index in [0.717, 1.165) is 5.56 Å². The number of hydrogen-bond acceptors (Lipinski definition) is 2. The van der Waals surface area contributed by atoms with E-state index in [-0.39, 0.29) is 0 Å². The molecule has 0 amide bonds. The summed E-state index contributed by atoms with van der Waals surface area (Å²) < 4.78 is 5.54. The first kappa shape index (κ1) is 12.5. The normalized spacial score (nSPS) is 10.3. The van der Waals surface area contributed by atoms with Gasteiger partial charge in [0.05, 0.1) is 5.02 Å². The molecule has 0 bridgehead atoms. The number of benzene rings is 1. The minimum atomic E-state index is 0.318. The molecule has 0 aliphatic rings. The highest BCUT2D eigenvalue weighted by Crippen LogP contribution is 2.25. The van der Waals surface area contributed by atoms with Crippen LogP contribution in [-0.2, 0) is 5.88 Å². The van der Waals surface area contributed by atoms with Crippen LogP contribution in [0.4, 0.5) is 0 Å². The van der Waals surface area contributed by atoms with Gasteiger partial charge in [0, 0.05) is 23.2 Å². The second-order valence-electron chi connectivity index (χ2n) is 3.30. The molecule has 0 saturated carbocycles. The lowest BCUT2D eigenvalue weighted by molar-refractivity contribution is 0.462. The molecule has 1 aromatic heterocycles. The van der Waals surface area contributed by atoms with Crippen LogP contribution >= 0.6 is 34.8 Å². The third-order valence-corrected chi connectivity index (χ3v) is 2.97. The number of hydrogen-bond donors (Lipinski definition) is 0. The van der Waals surface area contributed by atoms with Crippen molar-refractivity contribution in [3.63, 3.8) is 0 Å². The first-order valence-electron chi connectivity index (χ1n) is 4.83. The molecule has 0 radical (unpaired) electrons. The van der Waals surface area contributed by atoms with Gasteiger partial charge < -0.3 is 4.74 Å². The molecule has 1 aromatic carbocycles. The summed E-state index contributed by atoms with van der Waals surface area (Å²) in [6.45, 7) is 0. The van der Waals surface area contributed by atoms with Crippen molar-refractivity contribution in [1.29, 1.82) is 0 Å². The van der Waals surface area contributed by atoms with Gasteiger partial charge >= 0.3 is 0 Å². The van der Waals surface area contributed by atoms with Crippen molar-refractivity contribution >= 4 is 34.8 Å². The van der Waals surface area contributed by atoms with Gasteiger partial charge in [-0.1, -0.05) is 23.2 Å². The summed E-state index contributed by atoms with van der Waals surface area (Å²) >= 11 is 17.4. The molecule has 17 heavy (non-hydrogen) atoms. The van der Waals surface area contributed by atoms with Crippen LogP contribution in [-0.4, -0.2) is 4.98 Å². The van der Waals surface area contributed by atoms with Crippen molar-refractivity contribution < 1.29 is 4.74 Å². The zero-order chi connectivity index (χ0) is 12.3. The van der Waals surface area contributed by atoms with E-state index in [4.69, 9.17) is 39.5 Å². The van der Waals surface area contributed by atoms with E-state index in [1.807, 2.05) is 0 Å². The van der Waals surface area contributed by atoms with Gasteiger partial charge in [0.2, 0.25) is 5.88 Å². The van der Waals surface area contributed by atoms with Crippen LogP contribution in [0, 0.1) is 0 Å². The quantitative estimate of drug-likeness (QED) is 0.748. The minimum Gasteiger partial charge on any atom is -0.439 e. The van der Waals surface area contributed by atoms with E-state index in [9.17, 15) is 0 Å². The van der Waals surface area contributed by atoms with E-state index in [1.165, 1.54) is 6.20 Å². The van der Waals surface area contributed by atoms with Gasteiger partial charge in [0.1, 0.15) is 5.75 Å². The Balaban J connectivity index is 2.21. The Morgan fingerprint density at radius 3 is 2.47 bits per heavy atom. The van der Waals surface area contributed by atoms with Gasteiger partial charge in [-0.05, 0) is 29.8 Å². The SMILES string of the molecule is ClCc1cc(Oc2ccc(Cl)cc2)ncc1Cl. The number of halogens is 3. The topological polar surface area (TPSA) is 22.1 Å². The highest BCUT2D eigenvalue weighted by Gasteiger charge is 2.04. The summed E-state index contributed by atoms with van der Waals surface area (Å²) in [5, 5.41) is 1.19. The zero-order valence-corrected chi connectivity index (χ0v) is 10.9. The molecule has 0 unspecified atom stereocenters.